The van der Waals surface area contributed by atoms with Crippen LogP contribution in [-0.4, -0.2) is 80.1 Å². The van der Waals surface area contributed by atoms with Crippen LogP contribution >= 0.6 is 0 Å². The molecule has 0 fully saturated rings. The maximum atomic E-state index is 4.10. The maximum Gasteiger partial charge on any atom is 0.175 e. The highest BCUT2D eigenvalue weighted by atomic mass is 28.4. The average molecular weight is 453 g/mol. The summed E-state index contributed by atoms with van der Waals surface area (Å²) in [6.07, 6.45) is 0. The second-order valence-corrected chi connectivity index (χ2v) is 20.7. The molecule has 10 heteroatoms. The normalized spacial score (nSPS) is 16.6. The minimum Gasteiger partial charge on any atom is -0.339 e. The first-order chi connectivity index (χ1) is 11.8. The fraction of sp³-hybridized carbons (Fsp3) is 1.00. The number of nitrogens with one attached hydrogen (secondary N) is 3. The summed E-state index contributed by atoms with van der Waals surface area (Å²) in [4.78, 5) is 12.3. The van der Waals surface area contributed by atoms with Crippen LogP contribution < -0.4 is 14.9 Å². The van der Waals surface area contributed by atoms with Gasteiger partial charge in [0.25, 0.3) is 0 Å². The molecule has 0 saturated heterocycles. The van der Waals surface area contributed by atoms with Crippen LogP contribution in [0.3, 0.4) is 0 Å². The lowest BCUT2D eigenvalue weighted by atomic mass is 10.4. The van der Waals surface area contributed by atoms with Crippen LogP contribution in [0, 0.1) is 0 Å². The van der Waals surface area contributed by atoms with Crippen LogP contribution in [0.2, 0.25) is 36.3 Å². The van der Waals surface area contributed by atoms with Gasteiger partial charge in [0.05, 0.1) is 0 Å². The fourth-order valence-corrected chi connectivity index (χ4v) is 23.8. The molecule has 0 bridgehead atoms. The minimum atomic E-state index is -1.06. The van der Waals surface area contributed by atoms with Crippen molar-refractivity contribution in [1.29, 1.82) is 0 Å². The minimum absolute atomic E-state index is 0.627. The van der Waals surface area contributed by atoms with Crippen LogP contribution in [0.1, 0.15) is 41.5 Å². The Kier molecular flexibility index (Phi) is 15.8. The first-order valence-corrected chi connectivity index (χ1v) is 20.8. The van der Waals surface area contributed by atoms with Crippen molar-refractivity contribution in [3.8, 4) is 0 Å². The van der Waals surface area contributed by atoms with Gasteiger partial charge in [-0.05, 0) is 36.3 Å². The Balaban J connectivity index is 5.72. The first kappa shape index (κ1) is 26.1. The Morgan fingerprint density at radius 2 is 0.840 bits per heavy atom. The third-order valence-electron chi connectivity index (χ3n) is 4.34. The molecule has 4 nitrogen and oxygen atoms in total. The van der Waals surface area contributed by atoms with Gasteiger partial charge in [-0.15, -0.1) is 0 Å². The molecule has 0 aromatic heterocycles. The van der Waals surface area contributed by atoms with Gasteiger partial charge in [0.15, 0.2) is 27.4 Å². The third-order valence-corrected chi connectivity index (χ3v) is 24.7. The lowest BCUT2D eigenvalue weighted by Crippen LogP contribution is -2.71. The van der Waals surface area contributed by atoms with Crippen LogP contribution in [0.25, 0.3) is 0 Å². The summed E-state index contributed by atoms with van der Waals surface area (Å²) in [5.41, 5.74) is 0. The Morgan fingerprint density at radius 1 is 0.600 bits per heavy atom. The molecule has 0 aliphatic rings. The van der Waals surface area contributed by atoms with E-state index in [9.17, 15) is 0 Å². The highest BCUT2D eigenvalue weighted by molar-refractivity contribution is 6.85. The summed E-state index contributed by atoms with van der Waals surface area (Å²) >= 11 is 0. The zero-order valence-electron chi connectivity index (χ0n) is 18.7. The molecule has 3 atom stereocenters. The molecule has 0 aliphatic carbocycles. The zero-order chi connectivity index (χ0) is 19.4. The lowest BCUT2D eigenvalue weighted by molar-refractivity contribution is 0.653. The lowest BCUT2D eigenvalue weighted by Gasteiger charge is -2.44. The maximum absolute atomic E-state index is 4.10. The fourth-order valence-electron chi connectivity index (χ4n) is 3.58. The predicted molar refractivity (Wildman–Crippen MR) is 137 cm³/mol. The highest BCUT2D eigenvalue weighted by Crippen LogP contribution is 2.14. The van der Waals surface area contributed by atoms with E-state index in [0.717, 1.165) is 0 Å². The number of hydrogen-bond acceptors (Lipinski definition) is 4. The van der Waals surface area contributed by atoms with Gasteiger partial charge in [0.1, 0.15) is 0 Å². The van der Waals surface area contributed by atoms with Crippen molar-refractivity contribution in [2.45, 2.75) is 95.9 Å². The van der Waals surface area contributed by atoms with E-state index >= 15 is 0 Å². The molecule has 0 aromatic rings. The highest BCUT2D eigenvalue weighted by Gasteiger charge is 2.35. The molecule has 0 aromatic carbocycles. The van der Waals surface area contributed by atoms with Crippen LogP contribution in [0.5, 0.6) is 0 Å². The van der Waals surface area contributed by atoms with E-state index in [0.29, 0.717) is 18.1 Å². The quantitative estimate of drug-likeness (QED) is 0.259. The largest absolute Gasteiger partial charge is 0.339 e. The van der Waals surface area contributed by atoms with Gasteiger partial charge in [0.2, 0.25) is 0 Å². The Bertz CT molecular complexity index is 275. The summed E-state index contributed by atoms with van der Waals surface area (Å²) in [7, 11) is 0.876. The number of rotatable bonds is 15. The van der Waals surface area contributed by atoms with Crippen molar-refractivity contribution >= 4 is 58.1 Å². The summed E-state index contributed by atoms with van der Waals surface area (Å²) < 4.78 is 3.20. The molecule has 0 aliphatic heterocycles. The summed E-state index contributed by atoms with van der Waals surface area (Å²) in [5, 5.41) is 0. The van der Waals surface area contributed by atoms with E-state index < -0.39 is 27.4 Å². The second kappa shape index (κ2) is 15.1. The molecule has 0 saturated carbocycles. The van der Waals surface area contributed by atoms with E-state index in [1.165, 1.54) is 67.0 Å². The van der Waals surface area contributed by atoms with E-state index in [-0.39, 0.29) is 0 Å². The average Bonchev–Trinajstić information content (AvgIpc) is 2.46. The molecule has 0 rings (SSSR count). The van der Waals surface area contributed by atoms with Crippen molar-refractivity contribution < 1.29 is 0 Å². The molecule has 3 N–H and O–H groups in total. The Morgan fingerprint density at radius 3 is 1.00 bits per heavy atom. The molecular formula is C15H48N4Si6. The van der Waals surface area contributed by atoms with Gasteiger partial charge in [0, 0.05) is 30.7 Å². The predicted octanol–water partition coefficient (Wildman–Crippen LogP) is -1.70. The van der Waals surface area contributed by atoms with E-state index in [4.69, 9.17) is 0 Å². The van der Waals surface area contributed by atoms with Gasteiger partial charge in [-0.3, -0.25) is 0 Å². The van der Waals surface area contributed by atoms with Crippen LogP contribution in [-0.2, 0) is 0 Å². The monoisotopic (exact) mass is 452 g/mol. The van der Waals surface area contributed by atoms with Gasteiger partial charge >= 0.3 is 0 Å². The number of nitrogens with zero attached hydrogens (tertiary/aromatic N) is 1. The summed E-state index contributed by atoms with van der Waals surface area (Å²) in [6, 6.07) is 10.7. The molecule has 3 unspecified atom stereocenters. The van der Waals surface area contributed by atoms with Crippen LogP contribution in [0.15, 0.2) is 0 Å². The second-order valence-electron chi connectivity index (χ2n) is 8.32. The molecule has 0 spiro atoms. The molecule has 25 heavy (non-hydrogen) atoms. The van der Waals surface area contributed by atoms with Crippen molar-refractivity contribution in [3.63, 3.8) is 0 Å². The molecular weight excluding hydrogens is 405 g/mol. The molecule has 0 heterocycles. The van der Waals surface area contributed by atoms with Gasteiger partial charge in [-0.1, -0.05) is 59.7 Å². The SMILES string of the molecule is CC(C)N[SiH](CC[SiH3])N([SiH](CC[SiH3])NC(C)C)[SiH](CC[SiH3])NC(C)C. The summed E-state index contributed by atoms with van der Waals surface area (Å²) in [5.74, 6) is 0. The third kappa shape index (κ3) is 11.6. The van der Waals surface area contributed by atoms with Gasteiger partial charge in [-0.25, -0.2) is 0 Å². The Hall–Kier alpha value is 1.14. The van der Waals surface area contributed by atoms with Gasteiger partial charge in [-0.2, -0.15) is 0 Å². The first-order valence-electron chi connectivity index (χ1n) is 10.8. The zero-order valence-corrected chi connectivity index (χ0v) is 28.1. The van der Waals surface area contributed by atoms with Crippen molar-refractivity contribution in [2.24, 2.45) is 0 Å². The molecule has 0 amide bonds. The molecule has 0 radical (unpaired) electrons. The van der Waals surface area contributed by atoms with Crippen LogP contribution in [0.4, 0.5) is 0 Å². The van der Waals surface area contributed by atoms with E-state index in [1.54, 1.807) is 0 Å². The smallest absolute Gasteiger partial charge is 0.175 e. The standard InChI is InChI=1S/C15H48N4Si6/c1-13(2)16-23(10-7-20)19(24(11-8-21)17-14(3)4)25(12-9-22)18-15(5)6/h13-18,23-25H,7-12H2,1-6,20-22H3. The van der Waals surface area contributed by atoms with E-state index in [2.05, 4.69) is 60.4 Å². The number of hydrogen-bond donors (Lipinski definition) is 3. The van der Waals surface area contributed by atoms with Crippen molar-refractivity contribution in [3.05, 3.63) is 0 Å². The van der Waals surface area contributed by atoms with E-state index in [1.807, 2.05) is 0 Å². The molecule has 152 valence electrons. The van der Waals surface area contributed by atoms with Crippen molar-refractivity contribution in [2.75, 3.05) is 0 Å². The van der Waals surface area contributed by atoms with Crippen molar-refractivity contribution in [1.82, 2.24) is 18.8 Å². The Labute approximate surface area is 172 Å². The topological polar surface area (TPSA) is 39.3 Å². The summed E-state index contributed by atoms with van der Waals surface area (Å²) in [6.45, 7) is 14.1. The van der Waals surface area contributed by atoms with Gasteiger partial charge < -0.3 is 18.8 Å².